The van der Waals surface area contributed by atoms with Crippen molar-refractivity contribution in [3.8, 4) is 0 Å². The van der Waals surface area contributed by atoms with Gasteiger partial charge in [0.1, 0.15) is 10.8 Å². The first-order chi connectivity index (χ1) is 9.01. The number of hydrogen-bond acceptors (Lipinski definition) is 6. The van der Waals surface area contributed by atoms with Crippen LogP contribution in [0.5, 0.6) is 0 Å². The lowest BCUT2D eigenvalue weighted by Crippen LogP contribution is -2.22. The lowest BCUT2D eigenvalue weighted by molar-refractivity contribution is 0.404. The first kappa shape index (κ1) is 14.2. The maximum absolute atomic E-state index is 12.0. The number of sulfonamides is 1. The van der Waals surface area contributed by atoms with Crippen molar-refractivity contribution in [2.45, 2.75) is 25.1 Å². The molecule has 0 aromatic carbocycles. The Hall–Kier alpha value is -1.22. The van der Waals surface area contributed by atoms with Crippen molar-refractivity contribution in [3.05, 3.63) is 34.0 Å². The molecule has 0 unspecified atom stereocenters. The van der Waals surface area contributed by atoms with Crippen LogP contribution in [0.3, 0.4) is 0 Å². The monoisotopic (exact) mass is 301 g/mol. The average Bonchev–Trinajstić information content (AvgIpc) is 2.97. The Kier molecular flexibility index (Phi) is 4.35. The number of aryl methyl sites for hydroxylation is 1. The van der Waals surface area contributed by atoms with Crippen molar-refractivity contribution in [2.24, 2.45) is 0 Å². The van der Waals surface area contributed by atoms with Gasteiger partial charge in [0.25, 0.3) is 10.0 Å². The fraction of sp³-hybridized carbons (Fsp3) is 0.364. The molecule has 0 aliphatic carbocycles. The van der Waals surface area contributed by atoms with Gasteiger partial charge in [-0.1, -0.05) is 0 Å². The van der Waals surface area contributed by atoms with Crippen LogP contribution in [-0.2, 0) is 23.1 Å². The van der Waals surface area contributed by atoms with Gasteiger partial charge in [-0.25, -0.2) is 18.1 Å². The van der Waals surface area contributed by atoms with E-state index in [1.165, 1.54) is 17.4 Å². The normalized spacial score (nSPS) is 11.9. The van der Waals surface area contributed by atoms with Gasteiger partial charge >= 0.3 is 0 Å². The average molecular weight is 301 g/mol. The first-order valence-corrected chi connectivity index (χ1v) is 7.95. The Balaban J connectivity index is 2.04. The van der Waals surface area contributed by atoms with E-state index in [0.717, 1.165) is 9.88 Å². The van der Waals surface area contributed by atoms with Crippen LogP contribution in [0.25, 0.3) is 0 Å². The summed E-state index contributed by atoms with van der Waals surface area (Å²) in [4.78, 5) is 5.14. The zero-order chi connectivity index (χ0) is 13.9. The van der Waals surface area contributed by atoms with Gasteiger partial charge in [0.2, 0.25) is 5.09 Å². The molecular weight excluding hydrogens is 286 g/mol. The molecule has 0 aliphatic heterocycles. The Morgan fingerprint density at radius 1 is 1.37 bits per heavy atom. The molecule has 2 rings (SSSR count). The topological polar surface area (TPSA) is 84.2 Å². The molecule has 0 fully saturated rings. The number of rotatable bonds is 6. The van der Waals surface area contributed by atoms with Gasteiger partial charge in [-0.15, -0.1) is 11.3 Å². The summed E-state index contributed by atoms with van der Waals surface area (Å²) in [7, 11) is -1.86. The highest BCUT2D eigenvalue weighted by atomic mass is 32.2. The Labute approximate surface area is 115 Å². The van der Waals surface area contributed by atoms with E-state index in [2.05, 4.69) is 15.0 Å². The molecule has 2 N–H and O–H groups in total. The third kappa shape index (κ3) is 3.63. The van der Waals surface area contributed by atoms with Gasteiger partial charge in [0.15, 0.2) is 0 Å². The van der Waals surface area contributed by atoms with Crippen LogP contribution in [0.2, 0.25) is 0 Å². The fourth-order valence-electron chi connectivity index (χ4n) is 1.48. The highest BCUT2D eigenvalue weighted by molar-refractivity contribution is 7.89. The molecule has 8 heteroatoms. The van der Waals surface area contributed by atoms with Crippen LogP contribution in [0.4, 0.5) is 0 Å². The van der Waals surface area contributed by atoms with E-state index in [9.17, 15) is 8.42 Å². The summed E-state index contributed by atoms with van der Waals surface area (Å²) in [6, 6.07) is 3.08. The molecule has 6 nitrogen and oxygen atoms in total. The molecule has 2 aromatic heterocycles. The van der Waals surface area contributed by atoms with Crippen LogP contribution in [0, 0.1) is 6.92 Å². The van der Waals surface area contributed by atoms with Crippen molar-refractivity contribution in [1.82, 2.24) is 15.0 Å². The minimum Gasteiger partial charge on any atom is -0.447 e. The molecule has 19 heavy (non-hydrogen) atoms. The second-order valence-corrected chi connectivity index (χ2v) is 6.96. The van der Waals surface area contributed by atoms with Gasteiger partial charge in [-0.3, -0.25) is 0 Å². The largest absolute Gasteiger partial charge is 0.447 e. The van der Waals surface area contributed by atoms with Crippen molar-refractivity contribution in [1.29, 1.82) is 0 Å². The van der Waals surface area contributed by atoms with E-state index in [1.54, 1.807) is 19.3 Å². The number of nitrogens with one attached hydrogen (secondary N) is 2. The summed E-state index contributed by atoms with van der Waals surface area (Å²) in [5, 5.41) is 3.54. The summed E-state index contributed by atoms with van der Waals surface area (Å²) in [6.07, 6.45) is 1.71. The number of nitrogens with zero attached hydrogens (tertiary/aromatic N) is 1. The molecule has 0 bridgehead atoms. The summed E-state index contributed by atoms with van der Waals surface area (Å²) >= 11 is 1.46. The number of thiazole rings is 1. The quantitative estimate of drug-likeness (QED) is 0.838. The molecule has 0 saturated heterocycles. The zero-order valence-corrected chi connectivity index (χ0v) is 12.3. The van der Waals surface area contributed by atoms with Crippen LogP contribution in [0.1, 0.15) is 15.6 Å². The van der Waals surface area contributed by atoms with Crippen LogP contribution >= 0.6 is 11.3 Å². The van der Waals surface area contributed by atoms with Crippen molar-refractivity contribution in [3.63, 3.8) is 0 Å². The maximum atomic E-state index is 12.0. The number of aromatic nitrogens is 1. The van der Waals surface area contributed by atoms with Crippen molar-refractivity contribution in [2.75, 3.05) is 7.05 Å². The van der Waals surface area contributed by atoms with E-state index in [4.69, 9.17) is 4.42 Å². The number of hydrogen-bond donors (Lipinski definition) is 2. The van der Waals surface area contributed by atoms with E-state index < -0.39 is 10.0 Å². The molecule has 0 spiro atoms. The van der Waals surface area contributed by atoms with E-state index in [-0.39, 0.29) is 11.6 Å². The van der Waals surface area contributed by atoms with Gasteiger partial charge in [0.05, 0.1) is 13.1 Å². The molecule has 2 heterocycles. The van der Waals surface area contributed by atoms with Crippen LogP contribution in [0.15, 0.2) is 27.8 Å². The maximum Gasteiger partial charge on any atom is 0.274 e. The zero-order valence-electron chi connectivity index (χ0n) is 10.6. The first-order valence-electron chi connectivity index (χ1n) is 5.65. The predicted molar refractivity (Wildman–Crippen MR) is 72.3 cm³/mol. The van der Waals surface area contributed by atoms with Gasteiger partial charge < -0.3 is 9.73 Å². The lowest BCUT2D eigenvalue weighted by atomic mass is 10.4. The summed E-state index contributed by atoms with van der Waals surface area (Å²) in [6.45, 7) is 2.58. The lowest BCUT2D eigenvalue weighted by Gasteiger charge is -2.01. The van der Waals surface area contributed by atoms with Gasteiger partial charge in [0, 0.05) is 11.1 Å². The minimum atomic E-state index is -3.62. The molecule has 104 valence electrons. The van der Waals surface area contributed by atoms with E-state index >= 15 is 0 Å². The molecular formula is C11H15N3O3S2. The smallest absolute Gasteiger partial charge is 0.274 e. The fourth-order valence-corrected chi connectivity index (χ4v) is 3.23. The van der Waals surface area contributed by atoms with Gasteiger partial charge in [-0.2, -0.15) is 0 Å². The molecule has 2 aromatic rings. The summed E-state index contributed by atoms with van der Waals surface area (Å²) in [5.41, 5.74) is 0. The SMILES string of the molecule is CNCc1ccc(S(=O)(=O)NCc2ncc(C)s2)o1. The second-order valence-electron chi connectivity index (χ2n) is 3.94. The summed E-state index contributed by atoms with van der Waals surface area (Å²) in [5.74, 6) is 0.577. The second kappa shape index (κ2) is 5.83. The highest BCUT2D eigenvalue weighted by Crippen LogP contribution is 2.15. The molecule has 0 radical (unpaired) electrons. The molecule has 0 saturated carbocycles. The highest BCUT2D eigenvalue weighted by Gasteiger charge is 2.18. The van der Waals surface area contributed by atoms with E-state index in [0.29, 0.717) is 12.3 Å². The van der Waals surface area contributed by atoms with Gasteiger partial charge in [-0.05, 0) is 26.1 Å². The Bertz CT molecular complexity index is 646. The van der Waals surface area contributed by atoms with Crippen molar-refractivity contribution >= 4 is 21.4 Å². The standard InChI is InChI=1S/C11H15N3O3S2/c1-8-5-13-10(18-8)7-14-19(15,16)11-4-3-9(17-11)6-12-2/h3-5,12,14H,6-7H2,1-2H3. The molecule has 0 atom stereocenters. The molecule has 0 amide bonds. The number of furan rings is 1. The Morgan fingerprint density at radius 3 is 2.79 bits per heavy atom. The third-order valence-electron chi connectivity index (χ3n) is 2.34. The Morgan fingerprint density at radius 2 is 2.16 bits per heavy atom. The molecule has 0 aliphatic rings. The van der Waals surface area contributed by atoms with E-state index in [1.807, 2.05) is 6.92 Å². The predicted octanol–water partition coefficient (Wildman–Crippen LogP) is 1.24. The summed E-state index contributed by atoms with van der Waals surface area (Å²) < 4.78 is 31.7. The minimum absolute atomic E-state index is 0.0778. The van der Waals surface area contributed by atoms with Crippen molar-refractivity contribution < 1.29 is 12.8 Å². The van der Waals surface area contributed by atoms with Crippen LogP contribution < -0.4 is 10.0 Å². The van der Waals surface area contributed by atoms with Crippen LogP contribution in [-0.4, -0.2) is 20.4 Å². The third-order valence-corrected chi connectivity index (χ3v) is 4.52.